The zero-order valence-electron chi connectivity index (χ0n) is 12.9. The van der Waals surface area contributed by atoms with Gasteiger partial charge in [-0.2, -0.15) is 0 Å². The van der Waals surface area contributed by atoms with Gasteiger partial charge in [0.15, 0.2) is 0 Å². The maximum atomic E-state index is 12.3. The van der Waals surface area contributed by atoms with Crippen LogP contribution in [0.5, 0.6) is 0 Å². The van der Waals surface area contributed by atoms with Gasteiger partial charge in [-0.1, -0.05) is 23.2 Å². The van der Waals surface area contributed by atoms with Crippen molar-refractivity contribution in [1.29, 1.82) is 0 Å². The number of carbonyl (C=O) groups excluding carboxylic acids is 1. The molecule has 1 aliphatic rings. The normalized spacial score (nSPS) is 20.4. The Kier molecular flexibility index (Phi) is 5.56. The summed E-state index contributed by atoms with van der Waals surface area (Å²) in [5.74, 6) is 0.104. The van der Waals surface area contributed by atoms with Crippen LogP contribution in [0.1, 0.15) is 18.0 Å². The molecular formula is C17H18Cl2N4O. The van der Waals surface area contributed by atoms with E-state index in [2.05, 4.69) is 20.9 Å². The van der Waals surface area contributed by atoms with Crippen LogP contribution < -0.4 is 16.0 Å². The van der Waals surface area contributed by atoms with Gasteiger partial charge in [0.1, 0.15) is 0 Å². The van der Waals surface area contributed by atoms with Gasteiger partial charge in [-0.05, 0) is 49.4 Å². The van der Waals surface area contributed by atoms with Gasteiger partial charge in [-0.3, -0.25) is 4.98 Å². The smallest absolute Gasteiger partial charge is 0.319 e. The molecule has 1 aliphatic heterocycles. The van der Waals surface area contributed by atoms with E-state index >= 15 is 0 Å². The van der Waals surface area contributed by atoms with Crippen LogP contribution >= 0.6 is 23.2 Å². The van der Waals surface area contributed by atoms with Gasteiger partial charge >= 0.3 is 6.03 Å². The second-order valence-corrected chi connectivity index (χ2v) is 6.59. The summed E-state index contributed by atoms with van der Waals surface area (Å²) in [6.45, 7) is 1.62. The van der Waals surface area contributed by atoms with E-state index in [-0.39, 0.29) is 18.0 Å². The SMILES string of the molecule is O=C(Nc1ccc(Cl)cc1)N[C@@H]1CCNC[C@H]1c1ccc(Cl)cn1. The number of piperidine rings is 1. The largest absolute Gasteiger partial charge is 0.334 e. The number of hydrogen-bond acceptors (Lipinski definition) is 3. The monoisotopic (exact) mass is 364 g/mol. The van der Waals surface area contributed by atoms with E-state index in [0.717, 1.165) is 25.2 Å². The van der Waals surface area contributed by atoms with Gasteiger partial charge in [0, 0.05) is 41.1 Å². The Morgan fingerprint density at radius 1 is 1.12 bits per heavy atom. The van der Waals surface area contributed by atoms with Crippen LogP contribution in [0.25, 0.3) is 0 Å². The third-order valence-corrected chi connectivity index (χ3v) is 4.51. The van der Waals surface area contributed by atoms with Crippen molar-refractivity contribution in [3.05, 3.63) is 58.3 Å². The predicted octanol–water partition coefficient (Wildman–Crippen LogP) is 3.66. The summed E-state index contributed by atoms with van der Waals surface area (Å²) < 4.78 is 0. The molecule has 3 N–H and O–H groups in total. The van der Waals surface area contributed by atoms with Gasteiger partial charge in [-0.15, -0.1) is 0 Å². The molecule has 1 aromatic heterocycles. The topological polar surface area (TPSA) is 66.1 Å². The molecule has 0 spiro atoms. The Bertz CT molecular complexity index is 691. The molecule has 24 heavy (non-hydrogen) atoms. The number of aromatic nitrogens is 1. The van der Waals surface area contributed by atoms with Crippen molar-refractivity contribution in [3.8, 4) is 0 Å². The molecule has 0 unspecified atom stereocenters. The van der Waals surface area contributed by atoms with Crippen molar-refractivity contribution in [1.82, 2.24) is 15.6 Å². The molecule has 2 heterocycles. The van der Waals surface area contributed by atoms with Crippen LogP contribution in [0.15, 0.2) is 42.6 Å². The maximum Gasteiger partial charge on any atom is 0.319 e. The molecule has 2 amide bonds. The minimum atomic E-state index is -0.233. The number of rotatable bonds is 3. The first-order valence-electron chi connectivity index (χ1n) is 7.77. The fourth-order valence-electron chi connectivity index (χ4n) is 2.82. The van der Waals surface area contributed by atoms with E-state index in [9.17, 15) is 4.79 Å². The number of halogens is 2. The second kappa shape index (κ2) is 7.83. The number of urea groups is 1. The van der Waals surface area contributed by atoms with Crippen LogP contribution in [0.2, 0.25) is 10.0 Å². The summed E-state index contributed by atoms with van der Waals surface area (Å²) in [6.07, 6.45) is 2.47. The highest BCUT2D eigenvalue weighted by Crippen LogP contribution is 2.23. The summed E-state index contributed by atoms with van der Waals surface area (Å²) in [4.78, 5) is 16.7. The minimum Gasteiger partial charge on any atom is -0.334 e. The zero-order chi connectivity index (χ0) is 16.9. The van der Waals surface area contributed by atoms with E-state index in [4.69, 9.17) is 23.2 Å². The van der Waals surface area contributed by atoms with Crippen LogP contribution in [-0.4, -0.2) is 30.1 Å². The summed E-state index contributed by atoms with van der Waals surface area (Å²) in [5.41, 5.74) is 1.62. The first-order chi connectivity index (χ1) is 11.6. The van der Waals surface area contributed by atoms with Crippen molar-refractivity contribution < 1.29 is 4.79 Å². The average Bonchev–Trinajstić information content (AvgIpc) is 2.58. The standard InChI is InChI=1S/C17H18Cl2N4O/c18-11-1-4-13(5-2-11)22-17(24)23-16-7-8-20-10-14(16)15-6-3-12(19)9-21-15/h1-6,9,14,16,20H,7-8,10H2,(H2,22,23,24)/t14-,16+/m0/s1. The van der Waals surface area contributed by atoms with Gasteiger partial charge in [0.2, 0.25) is 0 Å². The molecule has 5 nitrogen and oxygen atoms in total. The number of hydrogen-bond donors (Lipinski definition) is 3. The van der Waals surface area contributed by atoms with E-state index in [1.54, 1.807) is 30.5 Å². The van der Waals surface area contributed by atoms with Gasteiger partial charge in [-0.25, -0.2) is 4.79 Å². The Labute approximate surface area is 150 Å². The number of nitrogens with one attached hydrogen (secondary N) is 3. The van der Waals surface area contributed by atoms with Crippen molar-refractivity contribution >= 4 is 34.9 Å². The van der Waals surface area contributed by atoms with Crippen LogP contribution in [0.3, 0.4) is 0 Å². The molecule has 0 aliphatic carbocycles. The maximum absolute atomic E-state index is 12.3. The van der Waals surface area contributed by atoms with Crippen molar-refractivity contribution in [2.45, 2.75) is 18.4 Å². The number of pyridine rings is 1. The summed E-state index contributed by atoms with van der Waals surface area (Å²) >= 11 is 11.8. The van der Waals surface area contributed by atoms with Crippen molar-refractivity contribution in [2.75, 3.05) is 18.4 Å². The first-order valence-corrected chi connectivity index (χ1v) is 8.52. The average molecular weight is 365 g/mol. The number of anilines is 1. The molecule has 2 aromatic rings. The lowest BCUT2D eigenvalue weighted by molar-refractivity contribution is 0.241. The fraction of sp³-hybridized carbons (Fsp3) is 0.294. The quantitative estimate of drug-likeness (QED) is 0.778. The highest BCUT2D eigenvalue weighted by molar-refractivity contribution is 6.30. The molecule has 0 radical (unpaired) electrons. The van der Waals surface area contributed by atoms with Crippen LogP contribution in [0.4, 0.5) is 10.5 Å². The Morgan fingerprint density at radius 2 is 1.88 bits per heavy atom. The van der Waals surface area contributed by atoms with E-state index in [1.807, 2.05) is 12.1 Å². The minimum absolute atomic E-state index is 0.00669. The lowest BCUT2D eigenvalue weighted by Gasteiger charge is -2.32. The third kappa shape index (κ3) is 4.38. The molecule has 1 aromatic carbocycles. The lowest BCUT2D eigenvalue weighted by Crippen LogP contribution is -2.49. The van der Waals surface area contributed by atoms with Crippen molar-refractivity contribution in [3.63, 3.8) is 0 Å². The second-order valence-electron chi connectivity index (χ2n) is 5.71. The lowest BCUT2D eigenvalue weighted by atomic mass is 9.90. The highest BCUT2D eigenvalue weighted by Gasteiger charge is 2.28. The number of carbonyl (C=O) groups is 1. The van der Waals surface area contributed by atoms with Gasteiger partial charge < -0.3 is 16.0 Å². The number of amides is 2. The number of nitrogens with zero attached hydrogens (tertiary/aromatic N) is 1. The summed E-state index contributed by atoms with van der Waals surface area (Å²) in [5, 5.41) is 10.5. The molecular weight excluding hydrogens is 347 g/mol. The Morgan fingerprint density at radius 3 is 2.58 bits per heavy atom. The highest BCUT2D eigenvalue weighted by atomic mass is 35.5. The Balaban J connectivity index is 1.65. The van der Waals surface area contributed by atoms with Crippen molar-refractivity contribution in [2.24, 2.45) is 0 Å². The van der Waals surface area contributed by atoms with E-state index < -0.39 is 0 Å². The molecule has 1 fully saturated rings. The molecule has 2 atom stereocenters. The molecule has 0 saturated carbocycles. The van der Waals surface area contributed by atoms with Crippen LogP contribution in [0, 0.1) is 0 Å². The van der Waals surface area contributed by atoms with Gasteiger partial charge in [0.25, 0.3) is 0 Å². The summed E-state index contributed by atoms with van der Waals surface area (Å²) in [7, 11) is 0. The molecule has 126 valence electrons. The van der Waals surface area contributed by atoms with Gasteiger partial charge in [0.05, 0.1) is 5.02 Å². The molecule has 3 rings (SSSR count). The van der Waals surface area contributed by atoms with E-state index in [1.165, 1.54) is 0 Å². The zero-order valence-corrected chi connectivity index (χ0v) is 14.4. The van der Waals surface area contributed by atoms with Crippen LogP contribution in [-0.2, 0) is 0 Å². The predicted molar refractivity (Wildman–Crippen MR) is 96.9 cm³/mol. The third-order valence-electron chi connectivity index (χ3n) is 4.03. The Hall–Kier alpha value is -1.82. The number of benzene rings is 1. The summed E-state index contributed by atoms with van der Waals surface area (Å²) in [6, 6.07) is 10.5. The first kappa shape index (κ1) is 17.0. The fourth-order valence-corrected chi connectivity index (χ4v) is 3.06. The molecule has 1 saturated heterocycles. The molecule has 0 bridgehead atoms. The molecule has 7 heteroatoms. The van der Waals surface area contributed by atoms with E-state index in [0.29, 0.717) is 15.7 Å².